The van der Waals surface area contributed by atoms with Gasteiger partial charge in [0.15, 0.2) is 6.29 Å². The number of carbonyl (C=O) groups excluding carboxylic acids is 2. The normalized spacial score (nSPS) is 12.6. The Bertz CT molecular complexity index is 361. The van der Waals surface area contributed by atoms with Crippen molar-refractivity contribution in [3.05, 3.63) is 12.2 Å². The summed E-state index contributed by atoms with van der Waals surface area (Å²) in [6.45, 7) is 10.9. The quantitative estimate of drug-likeness (QED) is 0.194. The van der Waals surface area contributed by atoms with Gasteiger partial charge in [0.1, 0.15) is 17.5 Å². The lowest BCUT2D eigenvalue weighted by Crippen LogP contribution is -2.28. The second-order valence-corrected chi connectivity index (χ2v) is 6.82. The second-order valence-electron chi connectivity index (χ2n) is 4.83. The molecule has 1 unspecified atom stereocenters. The molecule has 6 nitrogen and oxygen atoms in total. The maximum atomic E-state index is 11.4. The zero-order chi connectivity index (χ0) is 16.5. The monoisotopic (exact) mass is 366 g/mol. The van der Waals surface area contributed by atoms with Gasteiger partial charge in [0.2, 0.25) is 0 Å². The Morgan fingerprint density at radius 3 is 2.00 bits per heavy atom. The average molecular weight is 367 g/mol. The minimum absolute atomic E-state index is 0.131. The molecule has 0 fully saturated rings. The van der Waals surface area contributed by atoms with Crippen LogP contribution in [0, 0.1) is 0 Å². The van der Waals surface area contributed by atoms with E-state index in [1.807, 2.05) is 0 Å². The van der Waals surface area contributed by atoms with E-state index in [9.17, 15) is 9.59 Å². The molecule has 0 rings (SSSR count). The van der Waals surface area contributed by atoms with Gasteiger partial charge in [-0.3, -0.25) is 4.79 Å². The van der Waals surface area contributed by atoms with E-state index in [4.69, 9.17) is 18.9 Å². The first kappa shape index (κ1) is 20.1. The van der Waals surface area contributed by atoms with Crippen LogP contribution >= 0.6 is 15.9 Å². The summed E-state index contributed by atoms with van der Waals surface area (Å²) in [6, 6.07) is 0. The molecule has 0 aromatic heterocycles. The first-order valence-electron chi connectivity index (χ1n) is 6.56. The fourth-order valence-corrected chi connectivity index (χ4v) is 1.15. The molecule has 0 aliphatic heterocycles. The molecule has 0 aromatic carbocycles. The predicted molar refractivity (Wildman–Crippen MR) is 81.1 cm³/mol. The number of hydrogen-bond acceptors (Lipinski definition) is 6. The molecule has 7 heteroatoms. The smallest absolute Gasteiger partial charge is 0.333 e. The standard InChI is InChI=1S/C14H23BrO6/c1-10(2)12(16)20-8-6-18-11(3)19-7-9-21-13(17)14(4,5)15/h11H,1,6-9H2,2-5H3. The molecular formula is C14H23BrO6. The number of carbonyl (C=O) groups is 2. The molecule has 0 amide bonds. The van der Waals surface area contributed by atoms with E-state index < -0.39 is 16.6 Å². The molecule has 0 N–H and O–H groups in total. The Balaban J connectivity index is 3.59. The molecule has 0 saturated carbocycles. The topological polar surface area (TPSA) is 71.1 Å². The van der Waals surface area contributed by atoms with Crippen LogP contribution in [0.4, 0.5) is 0 Å². The summed E-state index contributed by atoms with van der Waals surface area (Å²) in [5.41, 5.74) is 0.343. The molecule has 0 aromatic rings. The van der Waals surface area contributed by atoms with Gasteiger partial charge in [0, 0.05) is 5.57 Å². The maximum absolute atomic E-state index is 11.4. The molecule has 122 valence electrons. The van der Waals surface area contributed by atoms with Gasteiger partial charge in [-0.15, -0.1) is 0 Å². The lowest BCUT2D eigenvalue weighted by molar-refractivity contribution is -0.163. The zero-order valence-corrected chi connectivity index (χ0v) is 14.5. The highest BCUT2D eigenvalue weighted by Gasteiger charge is 2.25. The third-order valence-corrected chi connectivity index (χ3v) is 2.50. The predicted octanol–water partition coefficient (Wildman–Crippen LogP) is 2.20. The van der Waals surface area contributed by atoms with Crippen molar-refractivity contribution in [3.8, 4) is 0 Å². The summed E-state index contributed by atoms with van der Waals surface area (Å²) in [5, 5.41) is 0. The minimum Gasteiger partial charge on any atom is -0.462 e. The van der Waals surface area contributed by atoms with Gasteiger partial charge in [-0.1, -0.05) is 22.5 Å². The number of esters is 2. The van der Waals surface area contributed by atoms with Gasteiger partial charge < -0.3 is 18.9 Å². The number of ether oxygens (including phenoxy) is 4. The summed E-state index contributed by atoms with van der Waals surface area (Å²) < 4.78 is 19.7. The fraction of sp³-hybridized carbons (Fsp3) is 0.714. The molecule has 0 heterocycles. The Morgan fingerprint density at radius 2 is 1.57 bits per heavy atom. The van der Waals surface area contributed by atoms with Crippen LogP contribution < -0.4 is 0 Å². The van der Waals surface area contributed by atoms with E-state index in [0.29, 0.717) is 5.57 Å². The number of hydrogen-bond donors (Lipinski definition) is 0. The summed E-state index contributed by atoms with van der Waals surface area (Å²) in [4.78, 5) is 22.5. The number of alkyl halides is 1. The van der Waals surface area contributed by atoms with Crippen molar-refractivity contribution in [2.75, 3.05) is 26.4 Å². The van der Waals surface area contributed by atoms with Gasteiger partial charge in [-0.25, -0.2) is 4.79 Å². The van der Waals surface area contributed by atoms with Crippen molar-refractivity contribution in [1.82, 2.24) is 0 Å². The molecule has 0 bridgehead atoms. The Hall–Kier alpha value is -0.920. The Kier molecular flexibility index (Phi) is 9.48. The van der Waals surface area contributed by atoms with Crippen LogP contribution in [0.5, 0.6) is 0 Å². The molecule has 0 aliphatic rings. The lowest BCUT2D eigenvalue weighted by Gasteiger charge is -2.17. The molecule has 0 radical (unpaired) electrons. The largest absolute Gasteiger partial charge is 0.462 e. The van der Waals surface area contributed by atoms with E-state index in [0.717, 1.165) is 0 Å². The number of rotatable bonds is 10. The summed E-state index contributed by atoms with van der Waals surface area (Å²) >= 11 is 3.20. The van der Waals surface area contributed by atoms with Crippen LogP contribution in [0.1, 0.15) is 27.7 Å². The Labute approximate surface area is 133 Å². The third kappa shape index (κ3) is 10.4. The van der Waals surface area contributed by atoms with Crippen molar-refractivity contribution in [1.29, 1.82) is 0 Å². The molecule has 0 spiro atoms. The van der Waals surface area contributed by atoms with Crippen LogP contribution in [-0.2, 0) is 28.5 Å². The van der Waals surface area contributed by atoms with Crippen molar-refractivity contribution in [3.63, 3.8) is 0 Å². The van der Waals surface area contributed by atoms with Gasteiger partial charge in [0.05, 0.1) is 13.2 Å². The average Bonchev–Trinajstić information content (AvgIpc) is 2.37. The SMILES string of the molecule is C=C(C)C(=O)OCCOC(C)OCCOC(=O)C(C)(C)Br. The van der Waals surface area contributed by atoms with E-state index in [1.54, 1.807) is 27.7 Å². The lowest BCUT2D eigenvalue weighted by atomic mass is 10.2. The van der Waals surface area contributed by atoms with E-state index >= 15 is 0 Å². The molecule has 21 heavy (non-hydrogen) atoms. The minimum atomic E-state index is -0.706. The van der Waals surface area contributed by atoms with Crippen LogP contribution in [0.25, 0.3) is 0 Å². The highest BCUT2D eigenvalue weighted by Crippen LogP contribution is 2.17. The highest BCUT2D eigenvalue weighted by molar-refractivity contribution is 9.10. The zero-order valence-electron chi connectivity index (χ0n) is 12.9. The summed E-state index contributed by atoms with van der Waals surface area (Å²) in [5.74, 6) is -0.803. The van der Waals surface area contributed by atoms with Crippen molar-refractivity contribution in [2.45, 2.75) is 38.3 Å². The molecule has 0 saturated heterocycles. The van der Waals surface area contributed by atoms with Crippen LogP contribution in [-0.4, -0.2) is 49.0 Å². The first-order chi connectivity index (χ1) is 9.64. The summed E-state index contributed by atoms with van der Waals surface area (Å²) in [6.07, 6.45) is -0.482. The second kappa shape index (κ2) is 9.92. The summed E-state index contributed by atoms with van der Waals surface area (Å²) in [7, 11) is 0. The van der Waals surface area contributed by atoms with Crippen LogP contribution in [0.3, 0.4) is 0 Å². The number of halogens is 1. The van der Waals surface area contributed by atoms with Gasteiger partial charge >= 0.3 is 11.9 Å². The van der Waals surface area contributed by atoms with Gasteiger partial charge in [-0.05, 0) is 27.7 Å². The van der Waals surface area contributed by atoms with Gasteiger partial charge in [-0.2, -0.15) is 0 Å². The highest BCUT2D eigenvalue weighted by atomic mass is 79.9. The first-order valence-corrected chi connectivity index (χ1v) is 7.36. The fourth-order valence-electron chi connectivity index (χ4n) is 1.04. The van der Waals surface area contributed by atoms with Crippen LogP contribution in [0.15, 0.2) is 12.2 Å². The molecule has 1 atom stereocenters. The molecule has 0 aliphatic carbocycles. The van der Waals surface area contributed by atoms with E-state index in [-0.39, 0.29) is 32.4 Å². The molecular weight excluding hydrogens is 344 g/mol. The van der Waals surface area contributed by atoms with Crippen molar-refractivity contribution >= 4 is 27.9 Å². The van der Waals surface area contributed by atoms with E-state index in [2.05, 4.69) is 22.5 Å². The van der Waals surface area contributed by atoms with Gasteiger partial charge in [0.25, 0.3) is 0 Å². The maximum Gasteiger partial charge on any atom is 0.333 e. The van der Waals surface area contributed by atoms with Crippen molar-refractivity contribution < 1.29 is 28.5 Å². The third-order valence-electron chi connectivity index (χ3n) is 2.17. The Morgan fingerprint density at radius 1 is 1.10 bits per heavy atom. The van der Waals surface area contributed by atoms with Crippen LogP contribution in [0.2, 0.25) is 0 Å². The van der Waals surface area contributed by atoms with Crippen molar-refractivity contribution in [2.24, 2.45) is 0 Å². The van der Waals surface area contributed by atoms with E-state index in [1.165, 1.54) is 0 Å².